The molecule has 0 aromatic heterocycles. The predicted octanol–water partition coefficient (Wildman–Crippen LogP) is 1.14. The maximum atomic E-state index is 12.8. The molecule has 5 nitrogen and oxygen atoms in total. The van der Waals surface area contributed by atoms with E-state index in [2.05, 4.69) is 12.2 Å². The minimum atomic E-state index is -0.876. The number of aliphatic carboxylic acids is 1. The largest absolute Gasteiger partial charge is 0.480 e. The van der Waals surface area contributed by atoms with Crippen molar-refractivity contribution in [2.75, 3.05) is 24.7 Å². The van der Waals surface area contributed by atoms with Gasteiger partial charge in [-0.3, -0.25) is 4.79 Å². The van der Waals surface area contributed by atoms with E-state index in [1.807, 2.05) is 0 Å². The Hall–Kier alpha value is -0.750. The molecule has 2 rings (SSSR count). The van der Waals surface area contributed by atoms with Gasteiger partial charge in [0.1, 0.15) is 6.04 Å². The maximum absolute atomic E-state index is 12.8. The van der Waals surface area contributed by atoms with Gasteiger partial charge in [-0.15, -0.1) is 11.8 Å². The van der Waals surface area contributed by atoms with E-state index in [4.69, 9.17) is 0 Å². The van der Waals surface area contributed by atoms with Crippen LogP contribution in [0.5, 0.6) is 0 Å². The average molecular weight is 286 g/mol. The molecule has 0 aliphatic carbocycles. The first-order valence-electron chi connectivity index (χ1n) is 6.93. The topological polar surface area (TPSA) is 69.6 Å². The van der Waals surface area contributed by atoms with Crippen LogP contribution in [0.1, 0.15) is 32.6 Å². The quantitative estimate of drug-likeness (QED) is 0.811. The Labute approximate surface area is 118 Å². The van der Waals surface area contributed by atoms with Crippen LogP contribution in [0.15, 0.2) is 0 Å². The van der Waals surface area contributed by atoms with Gasteiger partial charge in [0.05, 0.1) is 11.3 Å². The molecule has 108 valence electrons. The number of nitrogens with one attached hydrogen (secondary N) is 1. The van der Waals surface area contributed by atoms with Crippen molar-refractivity contribution in [3.05, 3.63) is 0 Å². The lowest BCUT2D eigenvalue weighted by molar-refractivity contribution is -0.154. The first-order valence-corrected chi connectivity index (χ1v) is 8.08. The van der Waals surface area contributed by atoms with Gasteiger partial charge in [-0.25, -0.2) is 4.79 Å². The summed E-state index contributed by atoms with van der Waals surface area (Å²) in [4.78, 5) is 25.7. The molecular weight excluding hydrogens is 264 g/mol. The van der Waals surface area contributed by atoms with E-state index in [9.17, 15) is 14.7 Å². The molecule has 0 aromatic carbocycles. The molecule has 1 amide bonds. The van der Waals surface area contributed by atoms with Crippen LogP contribution in [0.3, 0.4) is 0 Å². The molecule has 0 aromatic rings. The van der Waals surface area contributed by atoms with Crippen LogP contribution >= 0.6 is 11.8 Å². The Bertz CT molecular complexity index is 350. The summed E-state index contributed by atoms with van der Waals surface area (Å²) in [7, 11) is 0. The summed E-state index contributed by atoms with van der Waals surface area (Å²) in [6.07, 6.45) is 3.48. The summed E-state index contributed by atoms with van der Waals surface area (Å²) in [6, 6.07) is -0.638. The molecule has 2 heterocycles. The molecule has 0 unspecified atom stereocenters. The molecule has 6 heteroatoms. The monoisotopic (exact) mass is 286 g/mol. The van der Waals surface area contributed by atoms with E-state index in [1.165, 1.54) is 11.8 Å². The molecule has 0 bridgehead atoms. The highest BCUT2D eigenvalue weighted by Gasteiger charge is 2.45. The molecule has 19 heavy (non-hydrogen) atoms. The van der Waals surface area contributed by atoms with Gasteiger partial charge in [0, 0.05) is 5.75 Å². The standard InChI is InChI=1S/C13H22N2O3S/c1-2-3-13(4-6-14-7-5-13)12(18)15-9-19-8-10(15)11(16)17/h10,14H,2-9H2,1H3,(H,16,17)/t10-/m0/s1. The second-order valence-electron chi connectivity index (χ2n) is 5.41. The molecule has 2 aliphatic heterocycles. The van der Waals surface area contributed by atoms with Gasteiger partial charge in [0.25, 0.3) is 0 Å². The minimum absolute atomic E-state index is 0.0632. The summed E-state index contributed by atoms with van der Waals surface area (Å²) >= 11 is 1.54. The summed E-state index contributed by atoms with van der Waals surface area (Å²) in [5.74, 6) is 0.225. The Morgan fingerprint density at radius 3 is 2.68 bits per heavy atom. The van der Waals surface area contributed by atoms with Crippen LogP contribution in [0.25, 0.3) is 0 Å². The number of hydrogen-bond donors (Lipinski definition) is 2. The molecule has 2 N–H and O–H groups in total. The van der Waals surface area contributed by atoms with E-state index < -0.39 is 12.0 Å². The predicted molar refractivity (Wildman–Crippen MR) is 75.0 cm³/mol. The molecule has 0 radical (unpaired) electrons. The second kappa shape index (κ2) is 6.13. The van der Waals surface area contributed by atoms with Gasteiger partial charge in [0.2, 0.25) is 5.91 Å². The van der Waals surface area contributed by atoms with Crippen LogP contribution in [0.4, 0.5) is 0 Å². The van der Waals surface area contributed by atoms with Crippen molar-refractivity contribution in [3.63, 3.8) is 0 Å². The number of carboxylic acid groups (broad SMARTS) is 1. The fraction of sp³-hybridized carbons (Fsp3) is 0.846. The zero-order valence-electron chi connectivity index (χ0n) is 11.4. The fourth-order valence-corrected chi connectivity index (χ4v) is 4.25. The lowest BCUT2D eigenvalue weighted by atomic mass is 9.74. The number of carbonyl (C=O) groups is 2. The first kappa shape index (κ1) is 14.7. The van der Waals surface area contributed by atoms with Crippen molar-refractivity contribution < 1.29 is 14.7 Å². The lowest BCUT2D eigenvalue weighted by Gasteiger charge is -2.39. The number of hydrogen-bond acceptors (Lipinski definition) is 4. The van der Waals surface area contributed by atoms with Gasteiger partial charge in [-0.1, -0.05) is 13.3 Å². The number of amides is 1. The number of carboxylic acids is 1. The smallest absolute Gasteiger partial charge is 0.327 e. The highest BCUT2D eigenvalue weighted by atomic mass is 32.2. The van der Waals surface area contributed by atoms with Crippen LogP contribution in [-0.2, 0) is 9.59 Å². The number of rotatable bonds is 4. The Balaban J connectivity index is 2.16. The van der Waals surface area contributed by atoms with Crippen LogP contribution in [0.2, 0.25) is 0 Å². The Morgan fingerprint density at radius 1 is 1.42 bits per heavy atom. The summed E-state index contributed by atoms with van der Waals surface area (Å²) in [5, 5.41) is 12.5. The van der Waals surface area contributed by atoms with E-state index in [0.717, 1.165) is 38.8 Å². The third-order valence-electron chi connectivity index (χ3n) is 4.17. The third kappa shape index (κ3) is 2.89. The first-order chi connectivity index (χ1) is 9.10. The van der Waals surface area contributed by atoms with Gasteiger partial charge in [-0.05, 0) is 32.4 Å². The van der Waals surface area contributed by atoms with Crippen LogP contribution in [-0.4, -0.2) is 52.6 Å². The zero-order valence-corrected chi connectivity index (χ0v) is 12.2. The van der Waals surface area contributed by atoms with E-state index in [0.29, 0.717) is 11.6 Å². The normalized spacial score (nSPS) is 26.4. The molecular formula is C13H22N2O3S. The van der Waals surface area contributed by atoms with Crippen molar-refractivity contribution in [2.45, 2.75) is 38.6 Å². The van der Waals surface area contributed by atoms with Crippen molar-refractivity contribution in [3.8, 4) is 0 Å². The second-order valence-corrected chi connectivity index (χ2v) is 6.41. The SMILES string of the molecule is CCCC1(C(=O)N2CSC[C@H]2C(=O)O)CCNCC1. The summed E-state index contributed by atoms with van der Waals surface area (Å²) < 4.78 is 0. The van der Waals surface area contributed by atoms with Gasteiger partial charge >= 0.3 is 5.97 Å². The highest BCUT2D eigenvalue weighted by molar-refractivity contribution is 7.99. The van der Waals surface area contributed by atoms with E-state index in [-0.39, 0.29) is 11.3 Å². The average Bonchev–Trinajstić information content (AvgIpc) is 2.88. The molecule has 2 saturated heterocycles. The van der Waals surface area contributed by atoms with Crippen molar-refractivity contribution in [1.29, 1.82) is 0 Å². The maximum Gasteiger partial charge on any atom is 0.327 e. The van der Waals surface area contributed by atoms with Gasteiger partial charge < -0.3 is 15.3 Å². The summed E-state index contributed by atoms with van der Waals surface area (Å²) in [6.45, 7) is 3.79. The molecule has 0 saturated carbocycles. The van der Waals surface area contributed by atoms with Gasteiger partial charge in [0.15, 0.2) is 0 Å². The van der Waals surface area contributed by atoms with Crippen molar-refractivity contribution in [2.24, 2.45) is 5.41 Å². The fourth-order valence-electron chi connectivity index (χ4n) is 3.11. The highest BCUT2D eigenvalue weighted by Crippen LogP contribution is 2.38. The lowest BCUT2D eigenvalue weighted by Crippen LogP contribution is -2.52. The Morgan fingerprint density at radius 2 is 2.11 bits per heavy atom. The molecule has 0 spiro atoms. The number of nitrogens with zero attached hydrogens (tertiary/aromatic N) is 1. The number of carbonyl (C=O) groups excluding carboxylic acids is 1. The van der Waals surface area contributed by atoms with Crippen molar-refractivity contribution in [1.82, 2.24) is 10.2 Å². The molecule has 1 atom stereocenters. The minimum Gasteiger partial charge on any atom is -0.480 e. The Kier molecular flexibility index (Phi) is 4.73. The molecule has 2 aliphatic rings. The van der Waals surface area contributed by atoms with E-state index in [1.54, 1.807) is 4.90 Å². The summed E-state index contributed by atoms with van der Waals surface area (Å²) in [5.41, 5.74) is -0.335. The zero-order chi connectivity index (χ0) is 13.9. The third-order valence-corrected chi connectivity index (χ3v) is 5.18. The van der Waals surface area contributed by atoms with Gasteiger partial charge in [-0.2, -0.15) is 0 Å². The number of piperidine rings is 1. The van der Waals surface area contributed by atoms with E-state index >= 15 is 0 Å². The van der Waals surface area contributed by atoms with Crippen molar-refractivity contribution >= 4 is 23.6 Å². The van der Waals surface area contributed by atoms with Crippen LogP contribution < -0.4 is 5.32 Å². The van der Waals surface area contributed by atoms with Crippen LogP contribution in [0, 0.1) is 5.41 Å². The molecule has 2 fully saturated rings. The number of thioether (sulfide) groups is 1.